The van der Waals surface area contributed by atoms with E-state index in [-0.39, 0.29) is 0 Å². The lowest BCUT2D eigenvalue weighted by molar-refractivity contribution is 0.126. The molecule has 2 rings (SSSR count). The number of aryl methyl sites for hydroxylation is 1. The van der Waals surface area contributed by atoms with Crippen molar-refractivity contribution in [3.63, 3.8) is 0 Å². The zero-order chi connectivity index (χ0) is 13.0. The van der Waals surface area contributed by atoms with Gasteiger partial charge in [0.05, 0.1) is 11.0 Å². The molecule has 2 aromatic rings. The predicted octanol–water partition coefficient (Wildman–Crippen LogP) is 2.44. The summed E-state index contributed by atoms with van der Waals surface area (Å²) in [6, 6.07) is 6.24. The third-order valence-electron chi connectivity index (χ3n) is 3.01. The number of imidazole rings is 1. The SMILES string of the molecule is CCCn1c(COCC)nc2cc(CN)ccc21. The van der Waals surface area contributed by atoms with E-state index in [0.717, 1.165) is 29.9 Å². The molecule has 0 saturated heterocycles. The Kier molecular flexibility index (Phi) is 4.33. The van der Waals surface area contributed by atoms with Gasteiger partial charge < -0.3 is 15.0 Å². The molecule has 0 amide bonds. The Balaban J connectivity index is 2.44. The maximum absolute atomic E-state index is 5.67. The summed E-state index contributed by atoms with van der Waals surface area (Å²) >= 11 is 0. The zero-order valence-corrected chi connectivity index (χ0v) is 11.1. The Labute approximate surface area is 108 Å². The van der Waals surface area contributed by atoms with Crippen LogP contribution in [-0.2, 0) is 24.4 Å². The number of ether oxygens (including phenoxy) is 1. The van der Waals surface area contributed by atoms with Gasteiger partial charge in [-0.1, -0.05) is 13.0 Å². The molecule has 1 heterocycles. The number of hydrogen-bond donors (Lipinski definition) is 1. The lowest BCUT2D eigenvalue weighted by Crippen LogP contribution is -2.05. The number of hydrogen-bond acceptors (Lipinski definition) is 3. The third-order valence-corrected chi connectivity index (χ3v) is 3.01. The molecule has 0 aliphatic heterocycles. The molecule has 18 heavy (non-hydrogen) atoms. The summed E-state index contributed by atoms with van der Waals surface area (Å²) in [5, 5.41) is 0. The molecule has 0 aliphatic rings. The molecule has 0 atom stereocenters. The van der Waals surface area contributed by atoms with Crippen molar-refractivity contribution in [3.05, 3.63) is 29.6 Å². The molecule has 0 spiro atoms. The molecule has 0 bridgehead atoms. The van der Waals surface area contributed by atoms with E-state index in [2.05, 4.69) is 34.7 Å². The van der Waals surface area contributed by atoms with E-state index in [4.69, 9.17) is 10.5 Å². The topological polar surface area (TPSA) is 53.1 Å². The molecule has 4 heteroatoms. The van der Waals surface area contributed by atoms with Gasteiger partial charge in [-0.05, 0) is 31.0 Å². The van der Waals surface area contributed by atoms with E-state index in [0.29, 0.717) is 19.8 Å². The zero-order valence-electron chi connectivity index (χ0n) is 11.1. The van der Waals surface area contributed by atoms with Gasteiger partial charge in [0.25, 0.3) is 0 Å². The minimum Gasteiger partial charge on any atom is -0.374 e. The summed E-state index contributed by atoms with van der Waals surface area (Å²) < 4.78 is 7.73. The van der Waals surface area contributed by atoms with E-state index < -0.39 is 0 Å². The highest BCUT2D eigenvalue weighted by molar-refractivity contribution is 5.76. The van der Waals surface area contributed by atoms with Crippen molar-refractivity contribution >= 4 is 11.0 Å². The molecule has 2 N–H and O–H groups in total. The van der Waals surface area contributed by atoms with Crippen LogP contribution in [0.25, 0.3) is 11.0 Å². The van der Waals surface area contributed by atoms with Crippen molar-refractivity contribution < 1.29 is 4.74 Å². The predicted molar refractivity (Wildman–Crippen MR) is 73.2 cm³/mol. The molecule has 4 nitrogen and oxygen atoms in total. The molecule has 0 fully saturated rings. The van der Waals surface area contributed by atoms with Crippen molar-refractivity contribution in [1.29, 1.82) is 0 Å². The first-order valence-electron chi connectivity index (χ1n) is 6.56. The normalized spacial score (nSPS) is 11.3. The van der Waals surface area contributed by atoms with Gasteiger partial charge in [-0.2, -0.15) is 0 Å². The number of nitrogens with two attached hydrogens (primary N) is 1. The summed E-state index contributed by atoms with van der Waals surface area (Å²) in [6.07, 6.45) is 1.09. The molecule has 0 unspecified atom stereocenters. The van der Waals surface area contributed by atoms with Crippen molar-refractivity contribution in [2.45, 2.75) is 40.0 Å². The second-order valence-electron chi connectivity index (χ2n) is 4.34. The van der Waals surface area contributed by atoms with Crippen molar-refractivity contribution in [2.75, 3.05) is 6.61 Å². The van der Waals surface area contributed by atoms with E-state index in [1.807, 2.05) is 6.92 Å². The van der Waals surface area contributed by atoms with Crippen molar-refractivity contribution in [2.24, 2.45) is 5.73 Å². The van der Waals surface area contributed by atoms with Gasteiger partial charge in [0.2, 0.25) is 0 Å². The first kappa shape index (κ1) is 13.1. The number of fused-ring (bicyclic) bond motifs is 1. The van der Waals surface area contributed by atoms with Gasteiger partial charge in [0, 0.05) is 19.7 Å². The van der Waals surface area contributed by atoms with Gasteiger partial charge in [-0.3, -0.25) is 0 Å². The number of benzene rings is 1. The summed E-state index contributed by atoms with van der Waals surface area (Å²) in [4.78, 5) is 4.66. The molecule has 0 saturated carbocycles. The first-order valence-corrected chi connectivity index (χ1v) is 6.56. The van der Waals surface area contributed by atoms with Gasteiger partial charge >= 0.3 is 0 Å². The quantitative estimate of drug-likeness (QED) is 0.853. The lowest BCUT2D eigenvalue weighted by Gasteiger charge is -2.07. The third kappa shape index (κ3) is 2.54. The molecular weight excluding hydrogens is 226 g/mol. The highest BCUT2D eigenvalue weighted by Crippen LogP contribution is 2.19. The van der Waals surface area contributed by atoms with Crippen LogP contribution < -0.4 is 5.73 Å². The lowest BCUT2D eigenvalue weighted by atomic mass is 10.2. The summed E-state index contributed by atoms with van der Waals surface area (Å²) in [5.41, 5.74) is 8.97. The molecule has 0 aliphatic carbocycles. The summed E-state index contributed by atoms with van der Waals surface area (Å²) in [7, 11) is 0. The first-order chi connectivity index (χ1) is 8.80. The van der Waals surface area contributed by atoms with Gasteiger partial charge in [0.1, 0.15) is 12.4 Å². The minimum atomic E-state index is 0.553. The van der Waals surface area contributed by atoms with Crippen LogP contribution in [0.4, 0.5) is 0 Å². The fourth-order valence-corrected chi connectivity index (χ4v) is 2.13. The second kappa shape index (κ2) is 5.98. The number of aromatic nitrogens is 2. The molecule has 1 aromatic heterocycles. The van der Waals surface area contributed by atoms with E-state index in [9.17, 15) is 0 Å². The molecule has 98 valence electrons. The average Bonchev–Trinajstić information content (AvgIpc) is 2.74. The second-order valence-corrected chi connectivity index (χ2v) is 4.34. The van der Waals surface area contributed by atoms with Crippen LogP contribution in [-0.4, -0.2) is 16.2 Å². The fraction of sp³-hybridized carbons (Fsp3) is 0.500. The van der Waals surface area contributed by atoms with Crippen molar-refractivity contribution in [3.8, 4) is 0 Å². The van der Waals surface area contributed by atoms with Crippen LogP contribution in [0.15, 0.2) is 18.2 Å². The number of nitrogens with zero attached hydrogens (tertiary/aromatic N) is 2. The molecule has 0 radical (unpaired) electrons. The maximum Gasteiger partial charge on any atom is 0.135 e. The molecule has 1 aromatic carbocycles. The highest BCUT2D eigenvalue weighted by atomic mass is 16.5. The largest absolute Gasteiger partial charge is 0.374 e. The van der Waals surface area contributed by atoms with E-state index in [1.165, 1.54) is 5.52 Å². The van der Waals surface area contributed by atoms with Crippen LogP contribution in [0.1, 0.15) is 31.7 Å². The smallest absolute Gasteiger partial charge is 0.135 e. The van der Waals surface area contributed by atoms with Crippen LogP contribution in [0.5, 0.6) is 0 Å². The van der Waals surface area contributed by atoms with Crippen molar-refractivity contribution in [1.82, 2.24) is 9.55 Å². The van der Waals surface area contributed by atoms with E-state index >= 15 is 0 Å². The van der Waals surface area contributed by atoms with Gasteiger partial charge in [0.15, 0.2) is 0 Å². The fourth-order valence-electron chi connectivity index (χ4n) is 2.13. The minimum absolute atomic E-state index is 0.553. The van der Waals surface area contributed by atoms with Crippen LogP contribution in [0.3, 0.4) is 0 Å². The van der Waals surface area contributed by atoms with Gasteiger partial charge in [-0.15, -0.1) is 0 Å². The molecular formula is C14H21N3O. The van der Waals surface area contributed by atoms with E-state index in [1.54, 1.807) is 0 Å². The summed E-state index contributed by atoms with van der Waals surface area (Å²) in [5.74, 6) is 1.00. The monoisotopic (exact) mass is 247 g/mol. The Morgan fingerprint density at radius 1 is 1.33 bits per heavy atom. The average molecular weight is 247 g/mol. The Hall–Kier alpha value is -1.39. The highest BCUT2D eigenvalue weighted by Gasteiger charge is 2.10. The summed E-state index contributed by atoms with van der Waals surface area (Å²) in [6.45, 7) is 6.98. The Bertz CT molecular complexity index is 519. The van der Waals surface area contributed by atoms with Gasteiger partial charge in [-0.25, -0.2) is 4.98 Å². The Morgan fingerprint density at radius 2 is 2.17 bits per heavy atom. The Morgan fingerprint density at radius 3 is 2.83 bits per heavy atom. The van der Waals surface area contributed by atoms with Crippen LogP contribution >= 0.6 is 0 Å². The standard InChI is InChI=1S/C14H21N3O/c1-3-7-17-13-6-5-11(9-15)8-12(13)16-14(17)10-18-4-2/h5-6,8H,3-4,7,9-10,15H2,1-2H3. The maximum atomic E-state index is 5.67. The number of rotatable bonds is 6. The van der Waals surface area contributed by atoms with Crippen LogP contribution in [0, 0.1) is 0 Å². The van der Waals surface area contributed by atoms with Crippen LogP contribution in [0.2, 0.25) is 0 Å².